The standard InChI is InChI=1S/C23H23FN2O4/c1-15-13-20(16(2)26(15)18-9-7-17(24)8-10-18)22(28)14-30-23(29)19-5-3-4-6-21(19)25-11-12-27/h3-10,13,25,27H,11-12,14H2,1-2H3. The number of ether oxygens (including phenoxy) is 1. The highest BCUT2D eigenvalue weighted by Crippen LogP contribution is 2.22. The van der Waals surface area contributed by atoms with E-state index in [0.29, 0.717) is 23.5 Å². The number of nitrogens with zero attached hydrogens (tertiary/aromatic N) is 1. The molecule has 3 aromatic rings. The number of aliphatic hydroxyl groups excluding tert-OH is 1. The summed E-state index contributed by atoms with van der Waals surface area (Å²) < 4.78 is 20.3. The maximum atomic E-state index is 13.2. The number of ketones is 1. The zero-order valence-electron chi connectivity index (χ0n) is 16.8. The lowest BCUT2D eigenvalue weighted by Crippen LogP contribution is -2.17. The van der Waals surface area contributed by atoms with Gasteiger partial charge in [-0.25, -0.2) is 9.18 Å². The molecular weight excluding hydrogens is 387 g/mol. The van der Waals surface area contributed by atoms with Gasteiger partial charge in [0.05, 0.1) is 12.2 Å². The van der Waals surface area contributed by atoms with Gasteiger partial charge in [-0.2, -0.15) is 0 Å². The highest BCUT2D eigenvalue weighted by molar-refractivity contribution is 6.01. The van der Waals surface area contributed by atoms with E-state index in [1.165, 1.54) is 12.1 Å². The van der Waals surface area contributed by atoms with Crippen LogP contribution in [0.3, 0.4) is 0 Å². The number of benzene rings is 2. The van der Waals surface area contributed by atoms with Crippen LogP contribution in [-0.2, 0) is 4.74 Å². The van der Waals surface area contributed by atoms with E-state index in [4.69, 9.17) is 9.84 Å². The van der Waals surface area contributed by atoms with Gasteiger partial charge in [-0.15, -0.1) is 0 Å². The van der Waals surface area contributed by atoms with Crippen molar-refractivity contribution in [2.45, 2.75) is 13.8 Å². The Bertz CT molecular complexity index is 1060. The van der Waals surface area contributed by atoms with Crippen LogP contribution < -0.4 is 5.32 Å². The molecular formula is C23H23FN2O4. The molecule has 156 valence electrons. The van der Waals surface area contributed by atoms with Crippen LogP contribution in [0.15, 0.2) is 54.6 Å². The van der Waals surface area contributed by atoms with E-state index < -0.39 is 12.6 Å². The van der Waals surface area contributed by atoms with Gasteiger partial charge in [0.1, 0.15) is 5.82 Å². The van der Waals surface area contributed by atoms with E-state index in [9.17, 15) is 14.0 Å². The zero-order valence-corrected chi connectivity index (χ0v) is 16.8. The SMILES string of the molecule is Cc1cc(C(=O)COC(=O)c2ccccc2NCCO)c(C)n1-c1ccc(F)cc1. The third-order valence-electron chi connectivity index (χ3n) is 4.72. The highest BCUT2D eigenvalue weighted by Gasteiger charge is 2.19. The Morgan fingerprint density at radius 2 is 1.77 bits per heavy atom. The van der Waals surface area contributed by atoms with E-state index in [0.717, 1.165) is 11.4 Å². The number of aliphatic hydroxyl groups is 1. The van der Waals surface area contributed by atoms with Crippen molar-refractivity contribution in [2.24, 2.45) is 0 Å². The molecule has 0 saturated carbocycles. The first kappa shape index (κ1) is 21.3. The molecule has 3 rings (SSSR count). The van der Waals surface area contributed by atoms with Crippen molar-refractivity contribution in [3.8, 4) is 5.69 Å². The van der Waals surface area contributed by atoms with E-state index in [-0.39, 0.29) is 23.8 Å². The molecule has 0 fully saturated rings. The van der Waals surface area contributed by atoms with Crippen molar-refractivity contribution in [3.63, 3.8) is 0 Å². The number of nitrogens with one attached hydrogen (secondary N) is 1. The summed E-state index contributed by atoms with van der Waals surface area (Å²) in [5, 5.41) is 11.9. The number of para-hydroxylation sites is 1. The fraction of sp³-hybridized carbons (Fsp3) is 0.217. The molecule has 0 radical (unpaired) electrons. The summed E-state index contributed by atoms with van der Waals surface area (Å²) in [6, 6.07) is 14.5. The van der Waals surface area contributed by atoms with E-state index >= 15 is 0 Å². The molecule has 1 heterocycles. The second-order valence-corrected chi connectivity index (χ2v) is 6.79. The maximum absolute atomic E-state index is 13.2. The Morgan fingerprint density at radius 1 is 1.07 bits per heavy atom. The molecule has 0 aliphatic carbocycles. The first-order valence-electron chi connectivity index (χ1n) is 9.51. The largest absolute Gasteiger partial charge is 0.454 e. The summed E-state index contributed by atoms with van der Waals surface area (Å²) in [5.74, 6) is -1.29. The smallest absolute Gasteiger partial charge is 0.340 e. The van der Waals surface area contributed by atoms with Crippen molar-refractivity contribution in [1.29, 1.82) is 0 Å². The van der Waals surface area contributed by atoms with Crippen molar-refractivity contribution in [2.75, 3.05) is 25.1 Å². The molecule has 30 heavy (non-hydrogen) atoms. The Morgan fingerprint density at radius 3 is 2.47 bits per heavy atom. The molecule has 0 bridgehead atoms. The third-order valence-corrected chi connectivity index (χ3v) is 4.72. The number of hydrogen-bond acceptors (Lipinski definition) is 5. The van der Waals surface area contributed by atoms with Crippen LogP contribution in [0.2, 0.25) is 0 Å². The number of aryl methyl sites for hydroxylation is 1. The Kier molecular flexibility index (Phi) is 6.64. The first-order valence-corrected chi connectivity index (χ1v) is 9.51. The molecule has 2 N–H and O–H groups in total. The fourth-order valence-corrected chi connectivity index (χ4v) is 3.33. The second kappa shape index (κ2) is 9.37. The van der Waals surface area contributed by atoms with Crippen molar-refractivity contribution >= 4 is 17.4 Å². The molecule has 0 aliphatic rings. The average molecular weight is 410 g/mol. The number of rotatable bonds is 8. The molecule has 1 aromatic heterocycles. The van der Waals surface area contributed by atoms with Gasteiger partial charge in [0.15, 0.2) is 6.61 Å². The van der Waals surface area contributed by atoms with E-state index in [1.54, 1.807) is 49.4 Å². The molecule has 0 aliphatic heterocycles. The van der Waals surface area contributed by atoms with Gasteiger partial charge < -0.3 is 19.7 Å². The number of esters is 1. The molecule has 0 unspecified atom stereocenters. The Hall–Kier alpha value is -3.45. The topological polar surface area (TPSA) is 80.6 Å². The predicted octanol–water partition coefficient (Wildman–Crippen LogP) is 3.68. The first-order chi connectivity index (χ1) is 14.4. The molecule has 0 saturated heterocycles. The summed E-state index contributed by atoms with van der Waals surface area (Å²) >= 11 is 0. The monoisotopic (exact) mass is 410 g/mol. The van der Waals surface area contributed by atoms with Crippen molar-refractivity contribution in [3.05, 3.63) is 82.9 Å². The van der Waals surface area contributed by atoms with Crippen LogP contribution in [0, 0.1) is 19.7 Å². The average Bonchev–Trinajstić information content (AvgIpc) is 3.05. The van der Waals surface area contributed by atoms with Crippen LogP contribution in [-0.4, -0.2) is 41.2 Å². The number of carbonyl (C=O) groups is 2. The van der Waals surface area contributed by atoms with Crippen molar-refractivity contribution < 1.29 is 23.8 Å². The molecule has 2 aromatic carbocycles. The number of anilines is 1. The van der Waals surface area contributed by atoms with Gasteiger partial charge in [-0.1, -0.05) is 12.1 Å². The highest BCUT2D eigenvalue weighted by atomic mass is 19.1. The Labute approximate surface area is 173 Å². The number of hydrogen-bond donors (Lipinski definition) is 2. The zero-order chi connectivity index (χ0) is 21.7. The minimum Gasteiger partial charge on any atom is -0.454 e. The lowest BCUT2D eigenvalue weighted by Gasteiger charge is -2.11. The van der Waals surface area contributed by atoms with E-state index in [2.05, 4.69) is 5.32 Å². The van der Waals surface area contributed by atoms with E-state index in [1.807, 2.05) is 11.5 Å². The van der Waals surface area contributed by atoms with Gasteiger partial charge in [-0.05, 0) is 56.3 Å². The lowest BCUT2D eigenvalue weighted by atomic mass is 10.1. The van der Waals surface area contributed by atoms with Crippen LogP contribution in [0.1, 0.15) is 32.1 Å². The molecule has 0 amide bonds. The molecule has 0 spiro atoms. The van der Waals surface area contributed by atoms with Crippen LogP contribution >= 0.6 is 0 Å². The van der Waals surface area contributed by atoms with Gasteiger partial charge in [0.2, 0.25) is 5.78 Å². The summed E-state index contributed by atoms with van der Waals surface area (Å²) in [4.78, 5) is 25.2. The third kappa shape index (κ3) is 4.58. The maximum Gasteiger partial charge on any atom is 0.340 e. The number of aromatic nitrogens is 1. The van der Waals surface area contributed by atoms with Gasteiger partial charge >= 0.3 is 5.97 Å². The summed E-state index contributed by atoms with van der Waals surface area (Å²) in [5.41, 5.74) is 3.49. The Balaban J connectivity index is 1.74. The molecule has 6 nitrogen and oxygen atoms in total. The number of carbonyl (C=O) groups excluding carboxylic acids is 2. The van der Waals surface area contributed by atoms with Crippen LogP contribution in [0.4, 0.5) is 10.1 Å². The predicted molar refractivity (Wildman–Crippen MR) is 112 cm³/mol. The molecule has 0 atom stereocenters. The van der Waals surface area contributed by atoms with Crippen LogP contribution in [0.5, 0.6) is 0 Å². The second-order valence-electron chi connectivity index (χ2n) is 6.79. The minimum absolute atomic E-state index is 0.0778. The van der Waals surface area contributed by atoms with Gasteiger partial charge in [-0.3, -0.25) is 4.79 Å². The number of halogens is 1. The van der Waals surface area contributed by atoms with Crippen LogP contribution in [0.25, 0.3) is 5.69 Å². The quantitative estimate of drug-likeness (QED) is 0.437. The van der Waals surface area contributed by atoms with Gasteiger partial charge in [0, 0.05) is 34.9 Å². The normalized spacial score (nSPS) is 10.7. The fourth-order valence-electron chi connectivity index (χ4n) is 3.33. The van der Waals surface area contributed by atoms with Gasteiger partial charge in [0.25, 0.3) is 0 Å². The summed E-state index contributed by atoms with van der Waals surface area (Å²) in [7, 11) is 0. The minimum atomic E-state index is -0.628. The van der Waals surface area contributed by atoms with Crippen molar-refractivity contribution in [1.82, 2.24) is 4.57 Å². The molecule has 7 heteroatoms. The summed E-state index contributed by atoms with van der Waals surface area (Å²) in [6.45, 7) is 3.45. The lowest BCUT2D eigenvalue weighted by molar-refractivity contribution is 0.0475. The number of Topliss-reactive ketones (excluding diaryl/α,β-unsaturated/α-hetero) is 1. The summed E-state index contributed by atoms with van der Waals surface area (Å²) in [6.07, 6.45) is 0.